The standard InChI is InChI=1S/C29H52N8O11S/c1-15(2)23(29(47)48)37-21(39)13-32-26(44)19(8-9-22(40)41)36-28(46)18(7-5-6-11-30)34-24(42)16(3)33-27(45)20(10-12-49-4)35-25(43)17(31)14-38/h15-20,23,38H,5-14,30-31H2,1-4H3,(H,32,44)(H,33,45)(H,34,42)(H,35,43)(H,36,46)(H,37,39)(H,40,41)(H,47,48)/t16-,17-,18-,19-,20-,23-/m0/s1. The van der Waals surface area contributed by atoms with E-state index in [1.165, 1.54) is 18.7 Å². The average molecular weight is 721 g/mol. The van der Waals surface area contributed by atoms with Gasteiger partial charge in [-0.2, -0.15) is 11.8 Å². The maximum atomic E-state index is 13.4. The van der Waals surface area contributed by atoms with Crippen LogP contribution < -0.4 is 43.4 Å². The first kappa shape index (κ1) is 45.0. The van der Waals surface area contributed by atoms with Crippen LogP contribution >= 0.6 is 11.8 Å². The number of hydrogen-bond acceptors (Lipinski definition) is 12. The van der Waals surface area contributed by atoms with E-state index >= 15 is 0 Å². The fraction of sp³-hybridized carbons (Fsp3) is 0.724. The van der Waals surface area contributed by atoms with Gasteiger partial charge in [-0.1, -0.05) is 13.8 Å². The van der Waals surface area contributed by atoms with Gasteiger partial charge in [0.15, 0.2) is 0 Å². The molecular formula is C29H52N8O11S. The van der Waals surface area contributed by atoms with Crippen molar-refractivity contribution >= 4 is 59.1 Å². The smallest absolute Gasteiger partial charge is 0.326 e. The Hall–Kier alpha value is -4.01. The summed E-state index contributed by atoms with van der Waals surface area (Å²) < 4.78 is 0. The minimum absolute atomic E-state index is 0.0579. The topological polar surface area (TPSA) is 321 Å². The monoisotopic (exact) mass is 720 g/mol. The molecule has 0 aliphatic heterocycles. The summed E-state index contributed by atoms with van der Waals surface area (Å²) in [5.41, 5.74) is 11.1. The maximum absolute atomic E-state index is 13.4. The molecule has 0 radical (unpaired) electrons. The second-order valence-corrected chi connectivity index (χ2v) is 12.5. The average Bonchev–Trinajstić information content (AvgIpc) is 3.04. The number of nitrogens with two attached hydrogens (primary N) is 2. The van der Waals surface area contributed by atoms with E-state index in [4.69, 9.17) is 21.7 Å². The van der Waals surface area contributed by atoms with Gasteiger partial charge in [0, 0.05) is 6.42 Å². The van der Waals surface area contributed by atoms with Crippen molar-refractivity contribution in [2.24, 2.45) is 17.4 Å². The van der Waals surface area contributed by atoms with E-state index < -0.39 is 109 Å². The molecular weight excluding hydrogens is 668 g/mol. The molecule has 0 heterocycles. The number of carbonyl (C=O) groups excluding carboxylic acids is 6. The fourth-order valence-electron chi connectivity index (χ4n) is 4.14. The minimum Gasteiger partial charge on any atom is -0.481 e. The summed E-state index contributed by atoms with van der Waals surface area (Å²) in [4.78, 5) is 99.5. The highest BCUT2D eigenvalue weighted by Crippen LogP contribution is 2.07. The molecule has 0 aliphatic carbocycles. The molecule has 6 amide bonds. The molecule has 13 N–H and O–H groups in total. The van der Waals surface area contributed by atoms with E-state index in [9.17, 15) is 43.5 Å². The Kier molecular flexibility index (Phi) is 22.2. The van der Waals surface area contributed by atoms with E-state index in [0.717, 1.165) is 0 Å². The molecule has 0 saturated heterocycles. The number of carboxylic acids is 2. The van der Waals surface area contributed by atoms with Crippen molar-refractivity contribution < 1.29 is 53.7 Å². The number of amides is 6. The van der Waals surface area contributed by atoms with Gasteiger partial charge >= 0.3 is 11.9 Å². The third-order valence-corrected chi connectivity index (χ3v) is 7.71. The van der Waals surface area contributed by atoms with Gasteiger partial charge in [0.05, 0.1) is 13.2 Å². The van der Waals surface area contributed by atoms with Crippen LogP contribution in [0.2, 0.25) is 0 Å². The lowest BCUT2D eigenvalue weighted by atomic mass is 10.0. The quantitative estimate of drug-likeness (QED) is 0.0406. The van der Waals surface area contributed by atoms with Crippen LogP contribution in [-0.4, -0.2) is 131 Å². The number of hydrogen-bond donors (Lipinski definition) is 11. The molecule has 0 aromatic rings. The Morgan fingerprint density at radius 1 is 0.714 bits per heavy atom. The Morgan fingerprint density at radius 2 is 1.27 bits per heavy atom. The molecule has 0 saturated carbocycles. The Labute approximate surface area is 289 Å². The van der Waals surface area contributed by atoms with Crippen LogP contribution in [0.5, 0.6) is 0 Å². The zero-order valence-electron chi connectivity index (χ0n) is 28.3. The highest BCUT2D eigenvalue weighted by molar-refractivity contribution is 7.98. The number of aliphatic carboxylic acids is 2. The first-order chi connectivity index (χ1) is 23.0. The summed E-state index contributed by atoms with van der Waals surface area (Å²) >= 11 is 1.41. The second kappa shape index (κ2) is 24.2. The van der Waals surface area contributed by atoms with Gasteiger partial charge in [0.1, 0.15) is 36.3 Å². The molecule has 0 aliphatic rings. The van der Waals surface area contributed by atoms with Crippen molar-refractivity contribution in [2.45, 2.75) is 95.5 Å². The van der Waals surface area contributed by atoms with E-state index in [1.807, 2.05) is 0 Å². The van der Waals surface area contributed by atoms with E-state index in [-0.39, 0.29) is 25.8 Å². The molecule has 0 fully saturated rings. The van der Waals surface area contributed by atoms with Crippen molar-refractivity contribution in [1.29, 1.82) is 0 Å². The van der Waals surface area contributed by atoms with Crippen LogP contribution in [0.1, 0.15) is 59.3 Å². The predicted octanol–water partition coefficient (Wildman–Crippen LogP) is -3.65. The second-order valence-electron chi connectivity index (χ2n) is 11.5. The third-order valence-electron chi connectivity index (χ3n) is 7.06. The van der Waals surface area contributed by atoms with Gasteiger partial charge in [0.2, 0.25) is 35.4 Å². The van der Waals surface area contributed by atoms with Crippen molar-refractivity contribution in [3.05, 3.63) is 0 Å². The molecule has 0 rings (SSSR count). The number of aliphatic hydroxyl groups is 1. The number of nitrogens with one attached hydrogen (secondary N) is 6. The lowest BCUT2D eigenvalue weighted by Gasteiger charge is -2.25. The summed E-state index contributed by atoms with van der Waals surface area (Å²) in [5.74, 6) is -7.40. The number of unbranched alkanes of at least 4 members (excludes halogenated alkanes) is 1. The van der Waals surface area contributed by atoms with E-state index in [0.29, 0.717) is 18.6 Å². The zero-order valence-corrected chi connectivity index (χ0v) is 29.1. The van der Waals surface area contributed by atoms with Crippen LogP contribution in [0, 0.1) is 5.92 Å². The molecule has 0 aromatic carbocycles. The number of carbonyl (C=O) groups is 8. The Morgan fingerprint density at radius 3 is 1.80 bits per heavy atom. The molecule has 0 bridgehead atoms. The SMILES string of the molecule is CSCC[C@H](NC(=O)[C@@H](N)CO)C(=O)N[C@@H](C)C(=O)N[C@@H](CCCCN)C(=O)N[C@@H](CCC(=O)O)C(=O)NCC(=O)N[C@H](C(=O)O)C(C)C. The number of carboxylic acid groups (broad SMARTS) is 2. The van der Waals surface area contributed by atoms with Crippen LogP contribution in [-0.2, 0) is 38.4 Å². The number of aliphatic hydroxyl groups excluding tert-OH is 1. The van der Waals surface area contributed by atoms with Crippen LogP contribution in [0.3, 0.4) is 0 Å². The third kappa shape index (κ3) is 18.4. The van der Waals surface area contributed by atoms with Gasteiger partial charge < -0.3 is 58.7 Å². The molecule has 0 unspecified atom stereocenters. The molecule has 0 spiro atoms. The Balaban J connectivity index is 5.74. The van der Waals surface area contributed by atoms with Crippen LogP contribution in [0.25, 0.3) is 0 Å². The Bertz CT molecular complexity index is 1140. The van der Waals surface area contributed by atoms with Crippen molar-refractivity contribution in [2.75, 3.05) is 31.7 Å². The highest BCUT2D eigenvalue weighted by Gasteiger charge is 2.31. The van der Waals surface area contributed by atoms with Gasteiger partial charge in [0.25, 0.3) is 0 Å². The van der Waals surface area contributed by atoms with E-state index in [1.54, 1.807) is 20.1 Å². The molecule has 19 nitrogen and oxygen atoms in total. The van der Waals surface area contributed by atoms with Gasteiger partial charge in [-0.25, -0.2) is 4.79 Å². The van der Waals surface area contributed by atoms with Gasteiger partial charge in [-0.15, -0.1) is 0 Å². The highest BCUT2D eigenvalue weighted by atomic mass is 32.2. The molecule has 280 valence electrons. The molecule has 20 heteroatoms. The summed E-state index contributed by atoms with van der Waals surface area (Å²) in [7, 11) is 0. The lowest BCUT2D eigenvalue weighted by Crippen LogP contribution is -2.58. The zero-order chi connectivity index (χ0) is 37.7. The number of rotatable bonds is 25. The van der Waals surface area contributed by atoms with Crippen molar-refractivity contribution in [3.63, 3.8) is 0 Å². The summed E-state index contributed by atoms with van der Waals surface area (Å²) in [6.45, 7) is 3.47. The van der Waals surface area contributed by atoms with Crippen LogP contribution in [0.4, 0.5) is 0 Å². The van der Waals surface area contributed by atoms with Crippen molar-refractivity contribution in [1.82, 2.24) is 31.9 Å². The molecule has 6 atom stereocenters. The molecule has 0 aromatic heterocycles. The largest absolute Gasteiger partial charge is 0.481 e. The number of thioether (sulfide) groups is 1. The van der Waals surface area contributed by atoms with Gasteiger partial charge in [-0.3, -0.25) is 33.6 Å². The van der Waals surface area contributed by atoms with Gasteiger partial charge in [-0.05, 0) is 63.5 Å². The fourth-order valence-corrected chi connectivity index (χ4v) is 4.61. The lowest BCUT2D eigenvalue weighted by molar-refractivity contribution is -0.143. The first-order valence-corrected chi connectivity index (χ1v) is 17.2. The summed E-state index contributed by atoms with van der Waals surface area (Å²) in [5, 5.41) is 41.9. The normalized spacial score (nSPS) is 14.6. The molecule has 49 heavy (non-hydrogen) atoms. The summed E-state index contributed by atoms with van der Waals surface area (Å²) in [6, 6.07) is -7.46. The predicted molar refractivity (Wildman–Crippen MR) is 179 cm³/mol. The minimum atomic E-state index is -1.45. The van der Waals surface area contributed by atoms with Crippen LogP contribution in [0.15, 0.2) is 0 Å². The maximum Gasteiger partial charge on any atom is 0.326 e. The van der Waals surface area contributed by atoms with Crippen molar-refractivity contribution in [3.8, 4) is 0 Å². The van der Waals surface area contributed by atoms with E-state index in [2.05, 4.69) is 31.9 Å². The first-order valence-electron chi connectivity index (χ1n) is 15.8. The summed E-state index contributed by atoms with van der Waals surface area (Å²) in [6.07, 6.45) is 1.97.